The summed E-state index contributed by atoms with van der Waals surface area (Å²) in [6.07, 6.45) is 0.973. The van der Waals surface area contributed by atoms with Crippen LogP contribution in [-0.4, -0.2) is 14.2 Å². The maximum atomic E-state index is 5.45. The van der Waals surface area contributed by atoms with Gasteiger partial charge in [0.05, 0.1) is 14.2 Å². The molecule has 0 aliphatic heterocycles. The zero-order valence-corrected chi connectivity index (χ0v) is 12.0. The molecule has 0 saturated heterocycles. The highest BCUT2D eigenvalue weighted by molar-refractivity contribution is 5.68. The Kier molecular flexibility index (Phi) is 4.10. The fraction of sp³-hybridized carbons (Fsp3) is 0.294. The Bertz CT molecular complexity index is 573. The Morgan fingerprint density at radius 1 is 0.842 bits per heavy atom. The Balaban J connectivity index is 2.47. The summed E-state index contributed by atoms with van der Waals surface area (Å²) in [5.74, 6) is 1.86. The molecule has 0 fully saturated rings. The van der Waals surface area contributed by atoms with E-state index in [9.17, 15) is 0 Å². The van der Waals surface area contributed by atoms with Gasteiger partial charge in [-0.15, -0.1) is 0 Å². The molecule has 0 aromatic heterocycles. The molecule has 0 spiro atoms. The summed E-state index contributed by atoms with van der Waals surface area (Å²) < 4.78 is 10.8. The highest BCUT2D eigenvalue weighted by Gasteiger charge is 2.06. The molecule has 0 N–H and O–H groups in total. The summed E-state index contributed by atoms with van der Waals surface area (Å²) >= 11 is 0. The number of hydrogen-bond donors (Lipinski definition) is 0. The molecule has 0 aliphatic carbocycles. The van der Waals surface area contributed by atoms with Crippen LogP contribution in [0.2, 0.25) is 0 Å². The molecule has 0 atom stereocenters. The predicted molar refractivity (Wildman–Crippen MR) is 79.1 cm³/mol. The Morgan fingerprint density at radius 2 is 1.42 bits per heavy atom. The molecular weight excluding hydrogens is 236 g/mol. The van der Waals surface area contributed by atoms with Crippen LogP contribution in [0.15, 0.2) is 36.4 Å². The highest BCUT2D eigenvalue weighted by atomic mass is 16.5. The van der Waals surface area contributed by atoms with Gasteiger partial charge in [-0.25, -0.2) is 0 Å². The Labute approximate surface area is 115 Å². The van der Waals surface area contributed by atoms with E-state index in [0.29, 0.717) is 0 Å². The van der Waals surface area contributed by atoms with Gasteiger partial charge in [0.15, 0.2) is 0 Å². The van der Waals surface area contributed by atoms with E-state index < -0.39 is 0 Å². The van der Waals surface area contributed by atoms with Crippen molar-refractivity contribution in [2.45, 2.75) is 20.3 Å². The molecule has 100 valence electrons. The zero-order valence-electron chi connectivity index (χ0n) is 12.0. The monoisotopic (exact) mass is 256 g/mol. The van der Waals surface area contributed by atoms with Crippen LogP contribution < -0.4 is 9.47 Å². The molecule has 0 radical (unpaired) electrons. The molecule has 2 rings (SSSR count). The summed E-state index contributed by atoms with van der Waals surface area (Å²) in [5.41, 5.74) is 4.66. The van der Waals surface area contributed by atoms with Crippen molar-refractivity contribution in [2.24, 2.45) is 0 Å². The molecule has 0 bridgehead atoms. The second-order valence-corrected chi connectivity index (χ2v) is 4.56. The third-order valence-electron chi connectivity index (χ3n) is 3.41. The van der Waals surface area contributed by atoms with Crippen molar-refractivity contribution >= 4 is 0 Å². The zero-order chi connectivity index (χ0) is 13.8. The van der Waals surface area contributed by atoms with Crippen LogP contribution in [0.1, 0.15) is 18.1 Å². The maximum absolute atomic E-state index is 5.45. The van der Waals surface area contributed by atoms with E-state index in [2.05, 4.69) is 43.3 Å². The van der Waals surface area contributed by atoms with Crippen molar-refractivity contribution in [1.82, 2.24) is 0 Å². The number of benzene rings is 2. The van der Waals surface area contributed by atoms with Crippen LogP contribution in [0, 0.1) is 6.92 Å². The molecule has 0 aliphatic rings. The lowest BCUT2D eigenvalue weighted by Gasteiger charge is -2.11. The van der Waals surface area contributed by atoms with Crippen molar-refractivity contribution in [3.63, 3.8) is 0 Å². The molecule has 2 nitrogen and oxygen atoms in total. The summed E-state index contributed by atoms with van der Waals surface area (Å²) in [5, 5.41) is 0. The smallest absolute Gasteiger partial charge is 0.122 e. The summed E-state index contributed by atoms with van der Waals surface area (Å²) in [4.78, 5) is 0. The van der Waals surface area contributed by atoms with E-state index in [1.807, 2.05) is 6.92 Å². The van der Waals surface area contributed by atoms with Crippen molar-refractivity contribution < 1.29 is 9.47 Å². The molecule has 0 heterocycles. The van der Waals surface area contributed by atoms with Crippen LogP contribution in [0.4, 0.5) is 0 Å². The average molecular weight is 256 g/mol. The van der Waals surface area contributed by atoms with Crippen LogP contribution in [0.5, 0.6) is 11.5 Å². The second kappa shape index (κ2) is 5.79. The van der Waals surface area contributed by atoms with Gasteiger partial charge in [0.1, 0.15) is 11.5 Å². The molecule has 0 saturated carbocycles. The number of ether oxygens (including phenoxy) is 2. The van der Waals surface area contributed by atoms with Crippen LogP contribution >= 0.6 is 0 Å². The van der Waals surface area contributed by atoms with Gasteiger partial charge in [0, 0.05) is 0 Å². The molecule has 19 heavy (non-hydrogen) atoms. The lowest BCUT2D eigenvalue weighted by molar-refractivity contribution is 0.410. The van der Waals surface area contributed by atoms with Gasteiger partial charge >= 0.3 is 0 Å². The van der Waals surface area contributed by atoms with Gasteiger partial charge in [-0.2, -0.15) is 0 Å². The fourth-order valence-electron chi connectivity index (χ4n) is 2.22. The second-order valence-electron chi connectivity index (χ2n) is 4.56. The van der Waals surface area contributed by atoms with Crippen molar-refractivity contribution in [3.8, 4) is 22.6 Å². The van der Waals surface area contributed by atoms with E-state index in [1.54, 1.807) is 14.2 Å². The minimum Gasteiger partial charge on any atom is -0.496 e. The maximum Gasteiger partial charge on any atom is 0.122 e. The Hall–Kier alpha value is -1.96. The van der Waals surface area contributed by atoms with Gasteiger partial charge in [0.2, 0.25) is 0 Å². The first kappa shape index (κ1) is 13.5. The Morgan fingerprint density at radius 3 is 2.00 bits per heavy atom. The molecule has 0 unspecified atom stereocenters. The summed E-state index contributed by atoms with van der Waals surface area (Å²) in [6, 6.07) is 12.6. The number of aryl methyl sites for hydroxylation is 2. The first-order valence-electron chi connectivity index (χ1n) is 6.51. The van der Waals surface area contributed by atoms with Crippen molar-refractivity contribution in [1.29, 1.82) is 0 Å². The van der Waals surface area contributed by atoms with Crippen LogP contribution in [0.25, 0.3) is 11.1 Å². The first-order chi connectivity index (χ1) is 9.19. The largest absolute Gasteiger partial charge is 0.496 e. The van der Waals surface area contributed by atoms with Crippen LogP contribution in [-0.2, 0) is 6.42 Å². The predicted octanol–water partition coefficient (Wildman–Crippen LogP) is 4.24. The first-order valence-corrected chi connectivity index (χ1v) is 6.51. The molecule has 2 aromatic rings. The van der Waals surface area contributed by atoms with E-state index in [1.165, 1.54) is 5.56 Å². The number of rotatable bonds is 4. The topological polar surface area (TPSA) is 18.5 Å². The lowest BCUT2D eigenvalue weighted by Crippen LogP contribution is -1.92. The average Bonchev–Trinajstić information content (AvgIpc) is 2.47. The fourth-order valence-corrected chi connectivity index (χ4v) is 2.22. The van der Waals surface area contributed by atoms with E-state index >= 15 is 0 Å². The summed E-state index contributed by atoms with van der Waals surface area (Å²) in [6.45, 7) is 4.18. The van der Waals surface area contributed by atoms with Gasteiger partial charge < -0.3 is 9.47 Å². The highest BCUT2D eigenvalue weighted by Crippen LogP contribution is 2.30. The van der Waals surface area contributed by atoms with Gasteiger partial charge in [-0.3, -0.25) is 0 Å². The normalized spacial score (nSPS) is 10.3. The van der Waals surface area contributed by atoms with Gasteiger partial charge in [-0.1, -0.05) is 31.2 Å². The third-order valence-corrected chi connectivity index (χ3v) is 3.41. The van der Waals surface area contributed by atoms with Crippen LogP contribution in [0.3, 0.4) is 0 Å². The summed E-state index contributed by atoms with van der Waals surface area (Å²) in [7, 11) is 3.42. The molecule has 2 aromatic carbocycles. The SMILES string of the molecule is CCc1ccc(-c2ccc(C)c(OC)c2)cc1OC. The standard InChI is InChI=1S/C17H20O2/c1-5-13-8-9-15(11-17(13)19-4)14-7-6-12(2)16(10-14)18-3/h6-11H,5H2,1-4H3. The molecule has 2 heteroatoms. The quantitative estimate of drug-likeness (QED) is 0.814. The van der Waals surface area contributed by atoms with E-state index in [0.717, 1.165) is 34.6 Å². The number of methoxy groups -OCH3 is 2. The minimum atomic E-state index is 0.913. The van der Waals surface area contributed by atoms with Crippen molar-refractivity contribution in [3.05, 3.63) is 47.5 Å². The third kappa shape index (κ3) is 2.73. The lowest BCUT2D eigenvalue weighted by atomic mass is 10.0. The van der Waals surface area contributed by atoms with Gasteiger partial charge in [-0.05, 0) is 47.7 Å². The molecular formula is C17H20O2. The van der Waals surface area contributed by atoms with Crippen molar-refractivity contribution in [2.75, 3.05) is 14.2 Å². The number of hydrogen-bond acceptors (Lipinski definition) is 2. The van der Waals surface area contributed by atoms with E-state index in [-0.39, 0.29) is 0 Å². The minimum absolute atomic E-state index is 0.913. The molecule has 0 amide bonds. The van der Waals surface area contributed by atoms with Gasteiger partial charge in [0.25, 0.3) is 0 Å². The van der Waals surface area contributed by atoms with E-state index in [4.69, 9.17) is 9.47 Å².